The number of carbonyl (C=O) groups excluding carboxylic acids is 1. The lowest BCUT2D eigenvalue weighted by Gasteiger charge is -2.35. The molecule has 2 unspecified atom stereocenters. The van der Waals surface area contributed by atoms with Crippen LogP contribution in [-0.2, 0) is 0 Å². The van der Waals surface area contributed by atoms with E-state index in [0.29, 0.717) is 17.3 Å². The third kappa shape index (κ3) is 3.09. The summed E-state index contributed by atoms with van der Waals surface area (Å²) in [6, 6.07) is 0. The fraction of sp³-hybridized carbons (Fsp3) is 0.692. The van der Waals surface area contributed by atoms with Gasteiger partial charge in [0.15, 0.2) is 0 Å². The number of nitrogens with one attached hydrogen (secondary N) is 1. The number of thiazole rings is 1. The van der Waals surface area contributed by atoms with E-state index in [1.807, 2.05) is 6.92 Å². The summed E-state index contributed by atoms with van der Waals surface area (Å²) in [5.74, 6) is 0.410. The van der Waals surface area contributed by atoms with Gasteiger partial charge in [-0.1, -0.05) is 19.8 Å². The van der Waals surface area contributed by atoms with Crippen LogP contribution in [0.1, 0.15) is 48.0 Å². The summed E-state index contributed by atoms with van der Waals surface area (Å²) in [5.41, 5.74) is 1.69. The van der Waals surface area contributed by atoms with Crippen molar-refractivity contribution in [1.29, 1.82) is 0 Å². The van der Waals surface area contributed by atoms with Crippen LogP contribution in [0, 0.1) is 12.8 Å². The number of aryl methyl sites for hydroxylation is 1. The van der Waals surface area contributed by atoms with Gasteiger partial charge in [-0.15, -0.1) is 11.3 Å². The molecule has 4 nitrogen and oxygen atoms in total. The Morgan fingerprint density at radius 2 is 2.50 bits per heavy atom. The maximum absolute atomic E-state index is 11.9. The van der Waals surface area contributed by atoms with Gasteiger partial charge >= 0.3 is 0 Å². The quantitative estimate of drug-likeness (QED) is 0.882. The third-order valence-electron chi connectivity index (χ3n) is 3.60. The molecule has 0 saturated heterocycles. The van der Waals surface area contributed by atoms with E-state index in [1.54, 1.807) is 5.51 Å². The third-order valence-corrected chi connectivity index (χ3v) is 4.52. The van der Waals surface area contributed by atoms with Crippen molar-refractivity contribution >= 4 is 17.2 Å². The predicted octanol–water partition coefficient (Wildman–Crippen LogP) is 2.12. The van der Waals surface area contributed by atoms with Crippen molar-refractivity contribution in [3.05, 3.63) is 16.1 Å². The van der Waals surface area contributed by atoms with Crippen molar-refractivity contribution < 1.29 is 9.90 Å². The van der Waals surface area contributed by atoms with Crippen molar-refractivity contribution in [1.82, 2.24) is 10.3 Å². The molecule has 2 N–H and O–H groups in total. The van der Waals surface area contributed by atoms with E-state index in [9.17, 15) is 9.90 Å². The van der Waals surface area contributed by atoms with Gasteiger partial charge in [-0.25, -0.2) is 4.98 Å². The fourth-order valence-electron chi connectivity index (χ4n) is 2.64. The highest BCUT2D eigenvalue weighted by molar-refractivity contribution is 7.11. The summed E-state index contributed by atoms with van der Waals surface area (Å²) in [5, 5.41) is 13.3. The molecule has 0 spiro atoms. The van der Waals surface area contributed by atoms with E-state index in [4.69, 9.17) is 0 Å². The van der Waals surface area contributed by atoms with Crippen LogP contribution < -0.4 is 5.32 Å². The van der Waals surface area contributed by atoms with E-state index >= 15 is 0 Å². The Bertz CT molecular complexity index is 432. The molecule has 0 aliphatic heterocycles. The van der Waals surface area contributed by atoms with Gasteiger partial charge in [0.2, 0.25) is 0 Å². The molecule has 18 heavy (non-hydrogen) atoms. The fourth-order valence-corrected chi connectivity index (χ4v) is 3.36. The Balaban J connectivity index is 1.91. The van der Waals surface area contributed by atoms with E-state index in [-0.39, 0.29) is 5.91 Å². The second kappa shape index (κ2) is 5.36. The number of aliphatic hydroxyl groups is 1. The second-order valence-corrected chi connectivity index (χ2v) is 6.23. The van der Waals surface area contributed by atoms with Crippen LogP contribution in [0.2, 0.25) is 0 Å². The molecule has 2 atom stereocenters. The van der Waals surface area contributed by atoms with Gasteiger partial charge in [0.05, 0.1) is 16.8 Å². The van der Waals surface area contributed by atoms with Crippen LogP contribution >= 0.6 is 11.3 Å². The second-order valence-electron chi connectivity index (χ2n) is 5.38. The van der Waals surface area contributed by atoms with Crippen LogP contribution in [0.4, 0.5) is 0 Å². The summed E-state index contributed by atoms with van der Waals surface area (Å²) >= 11 is 1.34. The van der Waals surface area contributed by atoms with Gasteiger partial charge in [-0.3, -0.25) is 4.79 Å². The number of rotatable bonds is 3. The first-order chi connectivity index (χ1) is 8.50. The van der Waals surface area contributed by atoms with Crippen molar-refractivity contribution in [3.63, 3.8) is 0 Å². The number of amides is 1. The average Bonchev–Trinajstić information content (AvgIpc) is 2.72. The van der Waals surface area contributed by atoms with Gasteiger partial charge in [-0.05, 0) is 25.7 Å². The Labute approximate surface area is 111 Å². The number of carbonyl (C=O) groups is 1. The maximum atomic E-state index is 11.9. The normalized spacial score (nSPS) is 28.1. The number of hydrogen-bond donors (Lipinski definition) is 2. The summed E-state index contributed by atoms with van der Waals surface area (Å²) in [7, 11) is 0. The summed E-state index contributed by atoms with van der Waals surface area (Å²) in [6.45, 7) is 4.32. The van der Waals surface area contributed by atoms with Crippen molar-refractivity contribution in [3.8, 4) is 0 Å². The summed E-state index contributed by atoms with van der Waals surface area (Å²) in [6.07, 6.45) is 3.76. The van der Waals surface area contributed by atoms with Crippen molar-refractivity contribution in [2.45, 2.75) is 45.1 Å². The van der Waals surface area contributed by atoms with E-state index in [0.717, 1.165) is 25.0 Å². The molecule has 1 saturated carbocycles. The lowest BCUT2D eigenvalue weighted by atomic mass is 9.79. The topological polar surface area (TPSA) is 62.2 Å². The molecule has 1 aromatic rings. The zero-order chi connectivity index (χ0) is 13.2. The van der Waals surface area contributed by atoms with Crippen LogP contribution in [0.15, 0.2) is 5.51 Å². The maximum Gasteiger partial charge on any atom is 0.263 e. The van der Waals surface area contributed by atoms with Gasteiger partial charge in [0.25, 0.3) is 5.91 Å². The molecule has 0 radical (unpaired) electrons. The minimum atomic E-state index is -0.730. The number of nitrogens with zero attached hydrogens (tertiary/aromatic N) is 1. The van der Waals surface area contributed by atoms with Crippen LogP contribution in [0.5, 0.6) is 0 Å². The van der Waals surface area contributed by atoms with Crippen molar-refractivity contribution in [2.24, 2.45) is 5.92 Å². The van der Waals surface area contributed by atoms with E-state index in [2.05, 4.69) is 17.2 Å². The van der Waals surface area contributed by atoms with Gasteiger partial charge in [0, 0.05) is 6.54 Å². The Morgan fingerprint density at radius 3 is 3.11 bits per heavy atom. The molecule has 1 amide bonds. The smallest absolute Gasteiger partial charge is 0.263 e. The first-order valence-corrected chi connectivity index (χ1v) is 7.29. The highest BCUT2D eigenvalue weighted by Crippen LogP contribution is 2.31. The minimum absolute atomic E-state index is 0.123. The molecular weight excluding hydrogens is 248 g/mol. The molecule has 5 heteroatoms. The van der Waals surface area contributed by atoms with Gasteiger partial charge < -0.3 is 10.4 Å². The van der Waals surface area contributed by atoms with Crippen LogP contribution in [-0.4, -0.2) is 28.1 Å². The summed E-state index contributed by atoms with van der Waals surface area (Å²) < 4.78 is 0. The number of hydrogen-bond acceptors (Lipinski definition) is 4. The monoisotopic (exact) mass is 268 g/mol. The zero-order valence-electron chi connectivity index (χ0n) is 10.9. The highest BCUT2D eigenvalue weighted by atomic mass is 32.1. The van der Waals surface area contributed by atoms with Gasteiger partial charge in [-0.2, -0.15) is 0 Å². The lowest BCUT2D eigenvalue weighted by Crippen LogP contribution is -2.45. The van der Waals surface area contributed by atoms with E-state index < -0.39 is 5.60 Å². The Kier molecular flexibility index (Phi) is 4.02. The predicted molar refractivity (Wildman–Crippen MR) is 71.8 cm³/mol. The largest absolute Gasteiger partial charge is 0.388 e. The molecule has 1 fully saturated rings. The molecule has 0 bridgehead atoms. The lowest BCUT2D eigenvalue weighted by molar-refractivity contribution is -0.0109. The SMILES string of the molecule is Cc1ncsc1C(=O)NCC1(O)CCCC(C)C1. The first-order valence-electron chi connectivity index (χ1n) is 6.41. The zero-order valence-corrected chi connectivity index (χ0v) is 11.7. The standard InChI is InChI=1S/C13H20N2O2S/c1-9-4-3-5-13(17,6-9)7-14-12(16)11-10(2)15-8-18-11/h8-9,17H,3-7H2,1-2H3,(H,14,16). The molecule has 1 aliphatic carbocycles. The molecule has 1 aliphatic rings. The number of aromatic nitrogens is 1. The molecule has 1 heterocycles. The van der Waals surface area contributed by atoms with Gasteiger partial charge in [0.1, 0.15) is 4.88 Å². The van der Waals surface area contributed by atoms with Crippen LogP contribution in [0.25, 0.3) is 0 Å². The molecule has 1 aromatic heterocycles. The Hall–Kier alpha value is -0.940. The first kappa shape index (κ1) is 13.5. The van der Waals surface area contributed by atoms with Crippen LogP contribution in [0.3, 0.4) is 0 Å². The molecule has 0 aromatic carbocycles. The molecule has 100 valence electrons. The average molecular weight is 268 g/mol. The Morgan fingerprint density at radius 1 is 1.72 bits per heavy atom. The van der Waals surface area contributed by atoms with E-state index in [1.165, 1.54) is 17.8 Å². The molecule has 2 rings (SSSR count). The molecular formula is C13H20N2O2S. The summed E-state index contributed by atoms with van der Waals surface area (Å²) in [4.78, 5) is 16.6. The highest BCUT2D eigenvalue weighted by Gasteiger charge is 2.33. The minimum Gasteiger partial charge on any atom is -0.388 e. The van der Waals surface area contributed by atoms with Crippen molar-refractivity contribution in [2.75, 3.05) is 6.54 Å².